The number of rotatable bonds is 4. The van der Waals surface area contributed by atoms with E-state index in [1.54, 1.807) is 7.11 Å². The van der Waals surface area contributed by atoms with Crippen LogP contribution in [0.25, 0.3) is 10.1 Å². The largest absolute Gasteiger partial charge is 0.497 e. The highest BCUT2D eigenvalue weighted by Gasteiger charge is 2.16. The molecule has 22 heavy (non-hydrogen) atoms. The summed E-state index contributed by atoms with van der Waals surface area (Å²) in [4.78, 5) is 26.4. The predicted molar refractivity (Wildman–Crippen MR) is 83.5 cm³/mol. The number of nitrogens with zero attached hydrogens (tertiary/aromatic N) is 1. The summed E-state index contributed by atoms with van der Waals surface area (Å²) in [6, 6.07) is 5.73. The molecule has 2 aromatic heterocycles. The number of amides is 1. The van der Waals surface area contributed by atoms with E-state index in [0.717, 1.165) is 21.4 Å². The summed E-state index contributed by atoms with van der Waals surface area (Å²) in [5.74, 6) is 0.953. The van der Waals surface area contributed by atoms with Gasteiger partial charge in [0.2, 0.25) is 0 Å². The maximum absolute atomic E-state index is 12.3. The summed E-state index contributed by atoms with van der Waals surface area (Å²) in [5.41, 5.74) is 0.515. The van der Waals surface area contributed by atoms with Crippen LogP contribution < -0.4 is 15.7 Å². The number of aromatic amines is 2. The first-order chi connectivity index (χ1) is 10.6. The average molecular weight is 318 g/mol. The van der Waals surface area contributed by atoms with E-state index in [4.69, 9.17) is 4.74 Å². The van der Waals surface area contributed by atoms with Gasteiger partial charge in [-0.2, -0.15) is 5.10 Å². The van der Waals surface area contributed by atoms with E-state index in [0.29, 0.717) is 10.7 Å². The smallest absolute Gasteiger partial charge is 0.340 e. The molecule has 8 heteroatoms. The zero-order valence-electron chi connectivity index (χ0n) is 12.0. The molecule has 0 unspecified atom stereocenters. The normalized spacial score (nSPS) is 10.8. The van der Waals surface area contributed by atoms with Crippen molar-refractivity contribution in [1.82, 2.24) is 20.5 Å². The molecule has 1 aromatic carbocycles. The van der Waals surface area contributed by atoms with Crippen molar-refractivity contribution in [2.75, 3.05) is 7.11 Å². The van der Waals surface area contributed by atoms with Gasteiger partial charge in [0.25, 0.3) is 5.91 Å². The van der Waals surface area contributed by atoms with E-state index in [2.05, 4.69) is 20.5 Å². The SMILES string of the molecule is COc1ccc2sc(C(=O)NCc3n[nH]c(=O)[nH]3)c(C)c2c1. The first kappa shape index (κ1) is 14.3. The number of aryl methyl sites for hydroxylation is 1. The zero-order chi connectivity index (χ0) is 15.7. The lowest BCUT2D eigenvalue weighted by Gasteiger charge is -2.02. The summed E-state index contributed by atoms with van der Waals surface area (Å²) in [6.45, 7) is 2.07. The van der Waals surface area contributed by atoms with Crippen molar-refractivity contribution in [3.8, 4) is 5.75 Å². The van der Waals surface area contributed by atoms with Gasteiger partial charge in [0.05, 0.1) is 18.5 Å². The zero-order valence-corrected chi connectivity index (χ0v) is 12.8. The monoisotopic (exact) mass is 318 g/mol. The first-order valence-corrected chi connectivity index (χ1v) is 7.39. The highest BCUT2D eigenvalue weighted by atomic mass is 32.1. The second kappa shape index (κ2) is 5.64. The number of ether oxygens (including phenoxy) is 1. The van der Waals surface area contributed by atoms with Gasteiger partial charge in [0, 0.05) is 4.70 Å². The standard InChI is InChI=1S/C14H14N4O3S/c1-7-9-5-8(21-2)3-4-10(9)22-12(7)13(19)15-6-11-16-14(20)18-17-11/h3-5H,6H2,1-2H3,(H,15,19)(H2,16,17,18,20). The van der Waals surface area contributed by atoms with Crippen LogP contribution in [0.5, 0.6) is 5.75 Å². The van der Waals surface area contributed by atoms with E-state index in [1.165, 1.54) is 11.3 Å². The molecule has 114 valence electrons. The minimum atomic E-state index is -0.394. The number of nitrogens with one attached hydrogen (secondary N) is 3. The van der Waals surface area contributed by atoms with Crippen LogP contribution in [0.1, 0.15) is 21.1 Å². The van der Waals surface area contributed by atoms with E-state index < -0.39 is 5.69 Å². The molecule has 0 radical (unpaired) electrons. The van der Waals surface area contributed by atoms with Crippen LogP contribution in [0.2, 0.25) is 0 Å². The molecule has 2 heterocycles. The first-order valence-electron chi connectivity index (χ1n) is 6.57. The van der Waals surface area contributed by atoms with Gasteiger partial charge in [-0.3, -0.25) is 9.78 Å². The fourth-order valence-electron chi connectivity index (χ4n) is 2.18. The Balaban J connectivity index is 1.84. The molecular formula is C14H14N4O3S. The third-order valence-electron chi connectivity index (χ3n) is 3.32. The number of H-pyrrole nitrogens is 2. The molecule has 0 saturated carbocycles. The molecule has 3 aromatic rings. The Bertz CT molecular complexity index is 893. The van der Waals surface area contributed by atoms with Crippen LogP contribution in [0.4, 0.5) is 0 Å². The Kier molecular flexibility index (Phi) is 3.68. The molecule has 0 fully saturated rings. The van der Waals surface area contributed by atoms with Crippen molar-refractivity contribution < 1.29 is 9.53 Å². The predicted octanol–water partition coefficient (Wildman–Crippen LogP) is 1.56. The van der Waals surface area contributed by atoms with Gasteiger partial charge in [-0.25, -0.2) is 9.89 Å². The van der Waals surface area contributed by atoms with Crippen molar-refractivity contribution in [2.45, 2.75) is 13.5 Å². The number of carbonyl (C=O) groups is 1. The van der Waals surface area contributed by atoms with Crippen LogP contribution in [0.15, 0.2) is 23.0 Å². The van der Waals surface area contributed by atoms with Gasteiger partial charge in [0.15, 0.2) is 0 Å². The summed E-state index contributed by atoms with van der Waals surface area (Å²) >= 11 is 1.42. The Labute approximate surface area is 129 Å². The second-order valence-corrected chi connectivity index (χ2v) is 5.78. The molecular weight excluding hydrogens is 304 g/mol. The second-order valence-electron chi connectivity index (χ2n) is 4.73. The molecule has 3 rings (SSSR count). The van der Waals surface area contributed by atoms with Gasteiger partial charge in [-0.15, -0.1) is 11.3 Å². The van der Waals surface area contributed by atoms with Crippen molar-refractivity contribution in [3.63, 3.8) is 0 Å². The van der Waals surface area contributed by atoms with Crippen LogP contribution in [-0.2, 0) is 6.54 Å². The highest BCUT2D eigenvalue weighted by molar-refractivity contribution is 7.21. The molecule has 0 aliphatic rings. The summed E-state index contributed by atoms with van der Waals surface area (Å²) in [5, 5.41) is 9.75. The van der Waals surface area contributed by atoms with E-state index >= 15 is 0 Å². The fraction of sp³-hybridized carbons (Fsp3) is 0.214. The number of aromatic nitrogens is 3. The molecule has 0 aliphatic heterocycles. The maximum atomic E-state index is 12.3. The summed E-state index contributed by atoms with van der Waals surface area (Å²) in [7, 11) is 1.61. The fourth-order valence-corrected chi connectivity index (χ4v) is 3.28. The third-order valence-corrected chi connectivity index (χ3v) is 4.59. The van der Waals surface area contributed by atoms with Crippen molar-refractivity contribution >= 4 is 27.3 Å². The number of fused-ring (bicyclic) bond motifs is 1. The Morgan fingerprint density at radius 3 is 2.95 bits per heavy atom. The maximum Gasteiger partial charge on any atom is 0.340 e. The lowest BCUT2D eigenvalue weighted by molar-refractivity contribution is 0.0953. The van der Waals surface area contributed by atoms with Crippen LogP contribution in [0.3, 0.4) is 0 Å². The average Bonchev–Trinajstić information content (AvgIpc) is 3.08. The van der Waals surface area contributed by atoms with Gasteiger partial charge in [-0.05, 0) is 36.1 Å². The number of hydrogen-bond donors (Lipinski definition) is 3. The van der Waals surface area contributed by atoms with E-state index in [1.807, 2.05) is 25.1 Å². The molecule has 0 saturated heterocycles. The quantitative estimate of drug-likeness (QED) is 0.679. The Morgan fingerprint density at radius 2 is 2.27 bits per heavy atom. The topological polar surface area (TPSA) is 99.9 Å². The molecule has 7 nitrogen and oxygen atoms in total. The number of hydrogen-bond acceptors (Lipinski definition) is 5. The third kappa shape index (κ3) is 2.60. The minimum absolute atomic E-state index is 0.161. The van der Waals surface area contributed by atoms with Gasteiger partial charge < -0.3 is 10.1 Å². The summed E-state index contributed by atoms with van der Waals surface area (Å²) < 4.78 is 6.24. The van der Waals surface area contributed by atoms with Gasteiger partial charge in [0.1, 0.15) is 11.6 Å². The van der Waals surface area contributed by atoms with E-state index in [-0.39, 0.29) is 12.5 Å². The number of methoxy groups -OCH3 is 1. The minimum Gasteiger partial charge on any atom is -0.497 e. The molecule has 1 amide bonds. The molecule has 0 aliphatic carbocycles. The van der Waals surface area contributed by atoms with E-state index in [9.17, 15) is 9.59 Å². The molecule has 0 bridgehead atoms. The number of carbonyl (C=O) groups excluding carboxylic acids is 1. The lowest BCUT2D eigenvalue weighted by atomic mass is 10.1. The Hall–Kier alpha value is -2.61. The van der Waals surface area contributed by atoms with Crippen LogP contribution in [0, 0.1) is 6.92 Å². The Morgan fingerprint density at radius 1 is 1.45 bits per heavy atom. The highest BCUT2D eigenvalue weighted by Crippen LogP contribution is 2.33. The molecule has 0 spiro atoms. The van der Waals surface area contributed by atoms with Crippen molar-refractivity contribution in [3.05, 3.63) is 44.9 Å². The number of thiophene rings is 1. The summed E-state index contributed by atoms with van der Waals surface area (Å²) in [6.07, 6.45) is 0. The van der Waals surface area contributed by atoms with Crippen LogP contribution in [-0.4, -0.2) is 28.2 Å². The van der Waals surface area contributed by atoms with Crippen molar-refractivity contribution in [1.29, 1.82) is 0 Å². The molecule has 0 atom stereocenters. The van der Waals surface area contributed by atoms with Crippen molar-refractivity contribution in [2.24, 2.45) is 0 Å². The number of benzene rings is 1. The lowest BCUT2D eigenvalue weighted by Crippen LogP contribution is -2.23. The van der Waals surface area contributed by atoms with Gasteiger partial charge in [-0.1, -0.05) is 0 Å². The van der Waals surface area contributed by atoms with Gasteiger partial charge >= 0.3 is 5.69 Å². The molecule has 3 N–H and O–H groups in total. The van der Waals surface area contributed by atoms with Crippen LogP contribution >= 0.6 is 11.3 Å².